The molecule has 2 heterocycles. The van der Waals surface area contributed by atoms with E-state index >= 15 is 0 Å². The highest BCUT2D eigenvalue weighted by atomic mass is 32.2. The van der Waals surface area contributed by atoms with Crippen LogP contribution in [0.15, 0.2) is 64.5 Å². The number of nitrogens with zero attached hydrogens (tertiary/aromatic N) is 2. The maximum Gasteiger partial charge on any atom is 0.265 e. The molecule has 0 spiro atoms. The number of thioether (sulfide) groups is 1. The average Bonchev–Trinajstić information content (AvgIpc) is 3.42. The number of hydrogen-bond acceptors (Lipinski definition) is 10. The van der Waals surface area contributed by atoms with Gasteiger partial charge in [-0.05, 0) is 42.5 Å². The first-order chi connectivity index (χ1) is 19.0. The van der Waals surface area contributed by atoms with Crippen molar-refractivity contribution in [1.82, 2.24) is 0 Å². The Bertz CT molecular complexity index is 1820. The highest BCUT2D eigenvalue weighted by molar-refractivity contribution is 8.04. The number of ether oxygens (including phenoxy) is 1. The van der Waals surface area contributed by atoms with Gasteiger partial charge in [-0.1, -0.05) is 47.4 Å². The molecule has 4 aromatic rings. The number of aryl methyl sites for hydroxylation is 1. The summed E-state index contributed by atoms with van der Waals surface area (Å²) in [7, 11) is -7.05. The summed E-state index contributed by atoms with van der Waals surface area (Å²) in [6.45, 7) is 0.845. The van der Waals surface area contributed by atoms with Crippen molar-refractivity contribution in [3.63, 3.8) is 0 Å². The molecule has 0 saturated carbocycles. The summed E-state index contributed by atoms with van der Waals surface area (Å²) in [4.78, 5) is 2.99. The van der Waals surface area contributed by atoms with Crippen molar-refractivity contribution in [3.8, 4) is 5.75 Å². The lowest BCUT2D eigenvalue weighted by atomic mass is 10.1. The van der Waals surface area contributed by atoms with Gasteiger partial charge in [0.15, 0.2) is 6.54 Å². The van der Waals surface area contributed by atoms with Gasteiger partial charge in [-0.15, -0.1) is 0 Å². The van der Waals surface area contributed by atoms with E-state index in [0.29, 0.717) is 25.3 Å². The molecular formula is C27H27N2O7S4-. The summed E-state index contributed by atoms with van der Waals surface area (Å²) in [6.07, 6.45) is 2.98. The van der Waals surface area contributed by atoms with Crippen molar-refractivity contribution >= 4 is 76.1 Å². The van der Waals surface area contributed by atoms with Crippen LogP contribution in [0.25, 0.3) is 27.1 Å². The molecule has 1 aliphatic heterocycles. The van der Waals surface area contributed by atoms with Crippen LogP contribution >= 0.6 is 23.1 Å². The molecule has 0 N–H and O–H groups in total. The molecule has 0 fully saturated rings. The maximum absolute atomic E-state index is 11.3. The van der Waals surface area contributed by atoms with E-state index in [0.717, 1.165) is 41.6 Å². The third-order valence-corrected chi connectivity index (χ3v) is 10.4. The first kappa shape index (κ1) is 28.8. The van der Waals surface area contributed by atoms with Crippen LogP contribution in [0.5, 0.6) is 5.75 Å². The van der Waals surface area contributed by atoms with Gasteiger partial charge in [0.2, 0.25) is 5.52 Å². The highest BCUT2D eigenvalue weighted by Crippen LogP contribution is 2.48. The summed E-state index contributed by atoms with van der Waals surface area (Å²) in [5.41, 5.74) is 1.91. The standard InChI is InChI=1S/C27H28N2O7S4/c1-36-20-10-12-23-22(17-20)28(14-6-16-40(33,34)35)25(37-23)18-26-29(13-4-5-15-39(30,31)32)27-21-8-3-2-7-19(21)9-11-24(27)38-26/h2-3,7-12,17-18H,4-6,13-16H2,1H3,(H-,30,31,32,33,34,35)/p-1. The molecule has 1 aromatic heterocycles. The van der Waals surface area contributed by atoms with Crippen molar-refractivity contribution in [2.45, 2.75) is 30.7 Å². The number of hydrogen-bond donors (Lipinski definition) is 0. The Morgan fingerprint density at radius 2 is 1.70 bits per heavy atom. The number of fused-ring (bicyclic) bond motifs is 4. The molecule has 13 heteroatoms. The quantitative estimate of drug-likeness (QED) is 0.135. The molecule has 40 heavy (non-hydrogen) atoms. The van der Waals surface area contributed by atoms with Gasteiger partial charge in [-0.2, -0.15) is 4.57 Å². The molecule has 3 aromatic carbocycles. The third-order valence-electron chi connectivity index (χ3n) is 6.60. The van der Waals surface area contributed by atoms with Crippen LogP contribution in [-0.4, -0.2) is 51.1 Å². The molecule has 212 valence electrons. The molecular weight excluding hydrogens is 593 g/mol. The van der Waals surface area contributed by atoms with E-state index in [2.05, 4.69) is 22.8 Å². The second kappa shape index (κ2) is 11.7. The van der Waals surface area contributed by atoms with E-state index in [1.54, 1.807) is 30.2 Å². The van der Waals surface area contributed by atoms with Crippen LogP contribution in [0.3, 0.4) is 0 Å². The number of anilines is 1. The Morgan fingerprint density at radius 1 is 0.950 bits per heavy atom. The zero-order chi connectivity index (χ0) is 28.5. The Balaban J connectivity index is 1.57. The van der Waals surface area contributed by atoms with Gasteiger partial charge in [0, 0.05) is 35.4 Å². The number of rotatable bonds is 11. The summed E-state index contributed by atoms with van der Waals surface area (Å²) in [6, 6.07) is 17.9. The lowest BCUT2D eigenvalue weighted by molar-refractivity contribution is -0.668. The molecule has 0 radical (unpaired) electrons. The van der Waals surface area contributed by atoms with Gasteiger partial charge in [-0.3, -0.25) is 0 Å². The molecule has 0 amide bonds. The molecule has 0 aliphatic carbocycles. The molecule has 5 rings (SSSR count). The summed E-state index contributed by atoms with van der Waals surface area (Å²) in [5, 5.41) is 3.96. The van der Waals surface area contributed by atoms with Crippen LogP contribution in [0.4, 0.5) is 5.69 Å². The number of unbranched alkanes of at least 4 members (excludes halogenated alkanes) is 1. The minimum Gasteiger partial charge on any atom is -0.748 e. The van der Waals surface area contributed by atoms with Gasteiger partial charge >= 0.3 is 0 Å². The van der Waals surface area contributed by atoms with Gasteiger partial charge in [0.05, 0.1) is 49.5 Å². The lowest BCUT2D eigenvalue weighted by Crippen LogP contribution is -2.35. The van der Waals surface area contributed by atoms with E-state index in [1.165, 1.54) is 0 Å². The Morgan fingerprint density at radius 3 is 2.45 bits per heavy atom. The van der Waals surface area contributed by atoms with Crippen LogP contribution < -0.4 is 14.2 Å². The minimum absolute atomic E-state index is 0.168. The van der Waals surface area contributed by atoms with Crippen LogP contribution in [0, 0.1) is 0 Å². The van der Waals surface area contributed by atoms with Crippen molar-refractivity contribution in [1.29, 1.82) is 0 Å². The predicted molar refractivity (Wildman–Crippen MR) is 157 cm³/mol. The highest BCUT2D eigenvalue weighted by Gasteiger charge is 2.29. The van der Waals surface area contributed by atoms with E-state index in [1.807, 2.05) is 47.4 Å². The molecule has 1 aliphatic rings. The fourth-order valence-corrected chi connectivity index (χ4v) is 8.16. The van der Waals surface area contributed by atoms with Crippen LogP contribution in [-0.2, 0) is 26.8 Å². The van der Waals surface area contributed by atoms with Gasteiger partial charge < -0.3 is 18.7 Å². The van der Waals surface area contributed by atoms with Crippen molar-refractivity contribution < 1.29 is 35.2 Å². The monoisotopic (exact) mass is 619 g/mol. The zero-order valence-corrected chi connectivity index (χ0v) is 24.9. The SMILES string of the molecule is COc1ccc2c(c1)N(CCCS(=O)(=O)[O-])/C(=C/c1sc3ccc4ccccc4c3[n+]1CCCCS(=O)(=O)[O-])S2. The minimum atomic E-state index is -4.35. The van der Waals surface area contributed by atoms with Crippen molar-refractivity contribution in [3.05, 3.63) is 64.6 Å². The van der Waals surface area contributed by atoms with E-state index in [9.17, 15) is 25.9 Å². The molecule has 0 saturated heterocycles. The second-order valence-corrected chi connectivity index (χ2v) is 14.6. The van der Waals surface area contributed by atoms with E-state index in [4.69, 9.17) is 4.74 Å². The Hall–Kier alpha value is -2.68. The largest absolute Gasteiger partial charge is 0.748 e. The zero-order valence-electron chi connectivity index (χ0n) is 21.6. The van der Waals surface area contributed by atoms with Crippen molar-refractivity contribution in [2.24, 2.45) is 0 Å². The van der Waals surface area contributed by atoms with Crippen molar-refractivity contribution in [2.75, 3.05) is 30.1 Å². The fraction of sp³-hybridized carbons (Fsp3) is 0.296. The Labute approximate surface area is 241 Å². The summed E-state index contributed by atoms with van der Waals surface area (Å²) >= 11 is 3.15. The smallest absolute Gasteiger partial charge is 0.265 e. The first-order valence-electron chi connectivity index (χ1n) is 12.6. The Kier molecular flexibility index (Phi) is 8.41. The van der Waals surface area contributed by atoms with Gasteiger partial charge in [0.1, 0.15) is 10.4 Å². The van der Waals surface area contributed by atoms with Gasteiger partial charge in [0.25, 0.3) is 5.01 Å². The average molecular weight is 620 g/mol. The number of aromatic nitrogens is 1. The van der Waals surface area contributed by atoms with Crippen LogP contribution in [0.2, 0.25) is 0 Å². The predicted octanol–water partition coefficient (Wildman–Crippen LogP) is 4.52. The maximum atomic E-state index is 11.3. The van der Waals surface area contributed by atoms with Gasteiger partial charge in [-0.25, -0.2) is 16.8 Å². The molecule has 0 unspecified atom stereocenters. The third kappa shape index (κ3) is 6.61. The van der Waals surface area contributed by atoms with E-state index < -0.39 is 31.7 Å². The van der Waals surface area contributed by atoms with E-state index in [-0.39, 0.29) is 12.8 Å². The second-order valence-electron chi connectivity index (χ2n) is 9.38. The fourth-order valence-electron chi connectivity index (χ4n) is 4.80. The molecule has 0 atom stereocenters. The topological polar surface area (TPSA) is 131 Å². The summed E-state index contributed by atoms with van der Waals surface area (Å²) < 4.78 is 76.0. The molecule has 0 bridgehead atoms. The summed E-state index contributed by atoms with van der Waals surface area (Å²) in [5.74, 6) is -0.201. The van der Waals surface area contributed by atoms with Crippen LogP contribution in [0.1, 0.15) is 24.3 Å². The number of benzene rings is 3. The lowest BCUT2D eigenvalue weighted by Gasteiger charge is -2.21. The normalized spacial score (nSPS) is 14.9. The first-order valence-corrected chi connectivity index (χ1v) is 17.4. The number of methoxy groups -OCH3 is 1. The number of thiazole rings is 1. The molecule has 9 nitrogen and oxygen atoms in total.